The third-order valence-electron chi connectivity index (χ3n) is 3.17. The van der Waals surface area contributed by atoms with Crippen molar-refractivity contribution in [1.29, 1.82) is 0 Å². The van der Waals surface area contributed by atoms with Crippen LogP contribution in [0.25, 0.3) is 0 Å². The molecule has 0 saturated carbocycles. The molecule has 1 aromatic rings. The van der Waals surface area contributed by atoms with Crippen molar-refractivity contribution in [2.24, 2.45) is 0 Å². The third-order valence-corrected chi connectivity index (χ3v) is 3.17. The highest BCUT2D eigenvalue weighted by molar-refractivity contribution is 5.27. The number of hydrogen-bond donors (Lipinski definition) is 1. The Balaban J connectivity index is 2.10. The van der Waals surface area contributed by atoms with Crippen LogP contribution in [0, 0.1) is 0 Å². The zero-order valence-electron chi connectivity index (χ0n) is 9.56. The van der Waals surface area contributed by atoms with Gasteiger partial charge in [0.1, 0.15) is 0 Å². The standard InChI is InChI=1S/C13H16F3N/c14-13(15,16)9-10-2-1-3-12(8-10)11-4-6-17-7-5-11/h1-3,8,11,17H,4-7,9H2. The third kappa shape index (κ3) is 3.73. The van der Waals surface area contributed by atoms with Crippen LogP contribution in [0.15, 0.2) is 24.3 Å². The molecule has 1 aliphatic rings. The average molecular weight is 243 g/mol. The Morgan fingerprint density at radius 2 is 1.88 bits per heavy atom. The van der Waals surface area contributed by atoms with Crippen molar-refractivity contribution in [3.63, 3.8) is 0 Å². The minimum Gasteiger partial charge on any atom is -0.317 e. The lowest BCUT2D eigenvalue weighted by molar-refractivity contribution is -0.127. The molecule has 1 aromatic carbocycles. The van der Waals surface area contributed by atoms with E-state index < -0.39 is 12.6 Å². The molecule has 2 rings (SSSR count). The fourth-order valence-corrected chi connectivity index (χ4v) is 2.34. The molecule has 0 aliphatic carbocycles. The molecule has 0 atom stereocenters. The van der Waals surface area contributed by atoms with Crippen LogP contribution in [-0.4, -0.2) is 19.3 Å². The van der Waals surface area contributed by atoms with Crippen LogP contribution in [0.2, 0.25) is 0 Å². The van der Waals surface area contributed by atoms with Crippen molar-refractivity contribution in [1.82, 2.24) is 5.32 Å². The lowest BCUT2D eigenvalue weighted by Crippen LogP contribution is -2.26. The zero-order valence-corrected chi connectivity index (χ0v) is 9.56. The summed E-state index contributed by atoms with van der Waals surface area (Å²) in [6, 6.07) is 6.94. The Bertz CT molecular complexity index is 367. The van der Waals surface area contributed by atoms with Gasteiger partial charge in [-0.15, -0.1) is 0 Å². The van der Waals surface area contributed by atoms with Gasteiger partial charge in [0.05, 0.1) is 6.42 Å². The molecule has 1 fully saturated rings. The summed E-state index contributed by atoms with van der Waals surface area (Å²) in [7, 11) is 0. The van der Waals surface area contributed by atoms with Crippen molar-refractivity contribution in [3.8, 4) is 0 Å². The highest BCUT2D eigenvalue weighted by Crippen LogP contribution is 2.28. The van der Waals surface area contributed by atoms with E-state index >= 15 is 0 Å². The van der Waals surface area contributed by atoms with Crippen LogP contribution in [0.4, 0.5) is 13.2 Å². The number of rotatable bonds is 2. The van der Waals surface area contributed by atoms with Crippen LogP contribution in [0.3, 0.4) is 0 Å². The van der Waals surface area contributed by atoms with E-state index in [0.29, 0.717) is 11.5 Å². The average Bonchev–Trinajstić information content (AvgIpc) is 2.28. The van der Waals surface area contributed by atoms with Gasteiger partial charge in [-0.2, -0.15) is 13.2 Å². The normalized spacial score (nSPS) is 18.3. The Labute approximate surface area is 99.0 Å². The molecule has 0 aromatic heterocycles. The number of hydrogen-bond acceptors (Lipinski definition) is 1. The Morgan fingerprint density at radius 3 is 2.53 bits per heavy atom. The van der Waals surface area contributed by atoms with Gasteiger partial charge in [-0.3, -0.25) is 0 Å². The molecule has 0 amide bonds. The summed E-state index contributed by atoms with van der Waals surface area (Å²) in [6.45, 7) is 1.91. The van der Waals surface area contributed by atoms with Gasteiger partial charge < -0.3 is 5.32 Å². The molecule has 0 unspecified atom stereocenters. The van der Waals surface area contributed by atoms with Crippen LogP contribution in [0.1, 0.15) is 29.9 Å². The highest BCUT2D eigenvalue weighted by atomic mass is 19.4. The molecule has 1 aliphatic heterocycles. The minimum atomic E-state index is -4.12. The predicted molar refractivity (Wildman–Crippen MR) is 61.0 cm³/mol. The number of benzene rings is 1. The summed E-state index contributed by atoms with van der Waals surface area (Å²) >= 11 is 0. The maximum Gasteiger partial charge on any atom is 0.393 e. The molecule has 4 heteroatoms. The van der Waals surface area contributed by atoms with Gasteiger partial charge in [0.25, 0.3) is 0 Å². The van der Waals surface area contributed by atoms with Crippen molar-refractivity contribution >= 4 is 0 Å². The monoisotopic (exact) mass is 243 g/mol. The summed E-state index contributed by atoms with van der Waals surface area (Å²) in [6.07, 6.45) is -2.93. The van der Waals surface area contributed by atoms with Crippen molar-refractivity contribution in [3.05, 3.63) is 35.4 Å². The largest absolute Gasteiger partial charge is 0.393 e. The van der Waals surface area contributed by atoms with Gasteiger partial charge in [0, 0.05) is 0 Å². The minimum absolute atomic E-state index is 0.369. The van der Waals surface area contributed by atoms with E-state index in [1.54, 1.807) is 18.2 Å². The van der Waals surface area contributed by atoms with Gasteiger partial charge in [-0.25, -0.2) is 0 Å². The van der Waals surface area contributed by atoms with Gasteiger partial charge in [-0.1, -0.05) is 24.3 Å². The Morgan fingerprint density at radius 1 is 1.18 bits per heavy atom. The molecular weight excluding hydrogens is 227 g/mol. The van der Waals surface area contributed by atoms with Crippen molar-refractivity contribution in [2.45, 2.75) is 31.4 Å². The number of nitrogens with one attached hydrogen (secondary N) is 1. The summed E-state index contributed by atoms with van der Waals surface area (Å²) in [5, 5.41) is 3.26. The van der Waals surface area contributed by atoms with E-state index in [0.717, 1.165) is 31.5 Å². The first-order valence-electron chi connectivity index (χ1n) is 5.91. The van der Waals surface area contributed by atoms with Gasteiger partial charge in [0.15, 0.2) is 0 Å². The Kier molecular flexibility index (Phi) is 3.72. The van der Waals surface area contributed by atoms with E-state index in [2.05, 4.69) is 5.32 Å². The molecule has 17 heavy (non-hydrogen) atoms. The summed E-state index contributed by atoms with van der Waals surface area (Å²) < 4.78 is 36.9. The fourth-order valence-electron chi connectivity index (χ4n) is 2.34. The van der Waals surface area contributed by atoms with Crippen LogP contribution in [-0.2, 0) is 6.42 Å². The van der Waals surface area contributed by atoms with E-state index in [1.807, 2.05) is 6.07 Å². The number of piperidine rings is 1. The lowest BCUT2D eigenvalue weighted by atomic mass is 9.89. The Hall–Kier alpha value is -1.03. The van der Waals surface area contributed by atoms with Gasteiger partial charge in [0.2, 0.25) is 0 Å². The smallest absolute Gasteiger partial charge is 0.317 e. The van der Waals surface area contributed by atoms with E-state index in [-0.39, 0.29) is 0 Å². The van der Waals surface area contributed by atoms with E-state index in [1.165, 1.54) is 0 Å². The van der Waals surface area contributed by atoms with Gasteiger partial charge >= 0.3 is 6.18 Å². The molecule has 0 spiro atoms. The van der Waals surface area contributed by atoms with Crippen LogP contribution >= 0.6 is 0 Å². The molecule has 1 nitrogen and oxygen atoms in total. The second-order valence-electron chi connectivity index (χ2n) is 4.56. The maximum absolute atomic E-state index is 12.3. The SMILES string of the molecule is FC(F)(F)Cc1cccc(C2CCNCC2)c1. The fraction of sp³-hybridized carbons (Fsp3) is 0.538. The predicted octanol–water partition coefficient (Wildman–Crippen LogP) is 3.26. The van der Waals surface area contributed by atoms with Crippen molar-refractivity contribution in [2.75, 3.05) is 13.1 Å². The number of alkyl halides is 3. The molecule has 1 heterocycles. The summed E-state index contributed by atoms with van der Waals surface area (Å²) in [5.41, 5.74) is 1.42. The lowest BCUT2D eigenvalue weighted by Gasteiger charge is -2.23. The van der Waals surface area contributed by atoms with E-state index in [9.17, 15) is 13.2 Å². The van der Waals surface area contributed by atoms with Crippen molar-refractivity contribution < 1.29 is 13.2 Å². The topological polar surface area (TPSA) is 12.0 Å². The quantitative estimate of drug-likeness (QED) is 0.840. The number of halogens is 3. The van der Waals surface area contributed by atoms with Gasteiger partial charge in [-0.05, 0) is 43.0 Å². The molecule has 94 valence electrons. The summed E-state index contributed by atoms with van der Waals surface area (Å²) in [5.74, 6) is 0.407. The maximum atomic E-state index is 12.3. The van der Waals surface area contributed by atoms with Crippen LogP contribution < -0.4 is 5.32 Å². The first-order chi connectivity index (χ1) is 8.04. The molecule has 0 radical (unpaired) electrons. The van der Waals surface area contributed by atoms with E-state index in [4.69, 9.17) is 0 Å². The highest BCUT2D eigenvalue weighted by Gasteiger charge is 2.27. The second-order valence-corrected chi connectivity index (χ2v) is 4.56. The molecule has 1 N–H and O–H groups in total. The molecular formula is C13H16F3N. The molecule has 0 bridgehead atoms. The first kappa shape index (κ1) is 12.4. The second kappa shape index (κ2) is 5.08. The zero-order chi connectivity index (χ0) is 12.3. The van der Waals surface area contributed by atoms with Crippen LogP contribution in [0.5, 0.6) is 0 Å². The molecule has 1 saturated heterocycles. The summed E-state index contributed by atoms with van der Waals surface area (Å²) in [4.78, 5) is 0. The first-order valence-corrected chi connectivity index (χ1v) is 5.91.